The van der Waals surface area contributed by atoms with Gasteiger partial charge in [-0.25, -0.2) is 4.79 Å². The van der Waals surface area contributed by atoms with E-state index in [0.29, 0.717) is 125 Å². The van der Waals surface area contributed by atoms with E-state index < -0.39 is 0 Å². The second-order valence-electron chi connectivity index (χ2n) is 11.8. The standard InChI is InChI=1S/C40H55NO11/c1-41(40(42)52-33-39-37-13-7-5-11-35(37)36-12-6-8-14-38(36)39)15-16-43-17-18-44-19-20-45-21-22-46-23-24-47-25-26-48-27-28-49-29-30-50-31-32-51-34-9-3-2-4-10-34/h2-14,39H,15-33H2,1H3. The van der Waals surface area contributed by atoms with Crippen LogP contribution in [0.4, 0.5) is 4.79 Å². The van der Waals surface area contributed by atoms with E-state index in [2.05, 4.69) is 24.3 Å². The van der Waals surface area contributed by atoms with Gasteiger partial charge in [-0.2, -0.15) is 0 Å². The number of rotatable bonds is 30. The maximum absolute atomic E-state index is 12.6. The van der Waals surface area contributed by atoms with Gasteiger partial charge in [0.25, 0.3) is 0 Å². The second-order valence-corrected chi connectivity index (χ2v) is 11.8. The van der Waals surface area contributed by atoms with Crippen molar-refractivity contribution >= 4 is 6.09 Å². The summed E-state index contributed by atoms with van der Waals surface area (Å²) in [5, 5.41) is 0. The number of hydrogen-bond acceptors (Lipinski definition) is 11. The van der Waals surface area contributed by atoms with Crippen molar-refractivity contribution in [1.29, 1.82) is 0 Å². The molecule has 0 radical (unpaired) electrons. The molecule has 0 heterocycles. The number of likely N-dealkylation sites (N-methyl/N-ethyl adjacent to an activating group) is 1. The van der Waals surface area contributed by atoms with Crippen molar-refractivity contribution in [3.63, 3.8) is 0 Å². The van der Waals surface area contributed by atoms with Crippen LogP contribution in [-0.2, 0) is 42.6 Å². The molecular weight excluding hydrogens is 670 g/mol. The Morgan fingerprint density at radius 2 is 0.846 bits per heavy atom. The van der Waals surface area contributed by atoms with Crippen LogP contribution in [0.15, 0.2) is 78.9 Å². The predicted octanol–water partition coefficient (Wildman–Crippen LogP) is 5.08. The zero-order valence-electron chi connectivity index (χ0n) is 30.5. The highest BCUT2D eigenvalue weighted by Crippen LogP contribution is 2.44. The lowest BCUT2D eigenvalue weighted by atomic mass is 9.98. The normalized spacial score (nSPS) is 12.1. The fourth-order valence-corrected chi connectivity index (χ4v) is 5.37. The minimum atomic E-state index is -0.363. The molecule has 1 aliphatic rings. The van der Waals surface area contributed by atoms with Crippen molar-refractivity contribution in [2.45, 2.75) is 5.92 Å². The van der Waals surface area contributed by atoms with E-state index in [9.17, 15) is 4.79 Å². The molecule has 0 atom stereocenters. The third kappa shape index (κ3) is 16.0. The molecule has 0 saturated carbocycles. The topological polar surface area (TPSA) is 113 Å². The highest BCUT2D eigenvalue weighted by molar-refractivity contribution is 5.79. The lowest BCUT2D eigenvalue weighted by molar-refractivity contribution is -0.0238. The summed E-state index contributed by atoms with van der Waals surface area (Å²) in [6.07, 6.45) is -0.363. The van der Waals surface area contributed by atoms with Gasteiger partial charge in [0.2, 0.25) is 0 Å². The average Bonchev–Trinajstić information content (AvgIpc) is 3.50. The Balaban J connectivity index is 0.828. The molecule has 0 aliphatic heterocycles. The van der Waals surface area contributed by atoms with Gasteiger partial charge in [-0.05, 0) is 34.4 Å². The van der Waals surface area contributed by atoms with Gasteiger partial charge in [-0.3, -0.25) is 0 Å². The van der Waals surface area contributed by atoms with Gasteiger partial charge in [-0.15, -0.1) is 0 Å². The van der Waals surface area contributed by atoms with Crippen molar-refractivity contribution in [3.05, 3.63) is 90.0 Å². The van der Waals surface area contributed by atoms with Gasteiger partial charge in [0, 0.05) is 19.5 Å². The van der Waals surface area contributed by atoms with Crippen LogP contribution < -0.4 is 4.74 Å². The molecule has 0 spiro atoms. The smallest absolute Gasteiger partial charge is 0.409 e. The van der Waals surface area contributed by atoms with Crippen molar-refractivity contribution in [2.24, 2.45) is 0 Å². The molecule has 12 nitrogen and oxygen atoms in total. The Morgan fingerprint density at radius 3 is 1.29 bits per heavy atom. The fourth-order valence-electron chi connectivity index (χ4n) is 5.37. The maximum Gasteiger partial charge on any atom is 0.409 e. The number of hydrogen-bond donors (Lipinski definition) is 0. The quantitative estimate of drug-likeness (QED) is 0.0859. The first-order chi connectivity index (χ1) is 25.7. The second kappa shape index (κ2) is 26.2. The number of ether oxygens (including phenoxy) is 10. The molecule has 286 valence electrons. The molecule has 0 N–H and O–H groups in total. The molecule has 4 rings (SSSR count). The molecule has 1 amide bonds. The SMILES string of the molecule is CN(CCOCCOCCOCCOCCOCCOCCOCCOCCOc1ccccc1)C(=O)OCC1c2ccccc2-c2ccccc21. The van der Waals surface area contributed by atoms with Crippen molar-refractivity contribution in [1.82, 2.24) is 4.90 Å². The van der Waals surface area contributed by atoms with Crippen molar-refractivity contribution < 1.29 is 52.2 Å². The molecule has 3 aromatic carbocycles. The third-order valence-corrected chi connectivity index (χ3v) is 8.06. The van der Waals surface area contributed by atoms with E-state index in [1.807, 2.05) is 54.6 Å². The summed E-state index contributed by atoms with van der Waals surface area (Å²) in [7, 11) is 1.72. The lowest BCUT2D eigenvalue weighted by Gasteiger charge is -2.19. The Morgan fingerprint density at radius 1 is 0.481 bits per heavy atom. The van der Waals surface area contributed by atoms with Crippen LogP contribution in [-0.4, -0.2) is 144 Å². The highest BCUT2D eigenvalue weighted by atomic mass is 16.6. The van der Waals surface area contributed by atoms with Crippen LogP contribution in [0, 0.1) is 0 Å². The predicted molar refractivity (Wildman–Crippen MR) is 196 cm³/mol. The zero-order chi connectivity index (χ0) is 36.3. The van der Waals surface area contributed by atoms with Crippen LogP contribution in [0.1, 0.15) is 17.0 Å². The number of carbonyl (C=O) groups excluding carboxylic acids is 1. The number of benzene rings is 3. The highest BCUT2D eigenvalue weighted by Gasteiger charge is 2.29. The van der Waals surface area contributed by atoms with Gasteiger partial charge >= 0.3 is 6.09 Å². The van der Waals surface area contributed by atoms with Crippen molar-refractivity contribution in [2.75, 3.05) is 133 Å². The summed E-state index contributed by atoms with van der Waals surface area (Å²) in [5.74, 6) is 0.880. The molecule has 0 fully saturated rings. The zero-order valence-corrected chi connectivity index (χ0v) is 30.5. The summed E-state index contributed by atoms with van der Waals surface area (Å²) < 4.78 is 55.4. The van der Waals surface area contributed by atoms with E-state index in [0.717, 1.165) is 5.75 Å². The largest absolute Gasteiger partial charge is 0.491 e. The first-order valence-electron chi connectivity index (χ1n) is 18.1. The minimum absolute atomic E-state index is 0.0402. The van der Waals surface area contributed by atoms with Crippen molar-refractivity contribution in [3.8, 4) is 16.9 Å². The number of fused-ring (bicyclic) bond motifs is 3. The van der Waals surface area contributed by atoms with Crippen LogP contribution in [0.25, 0.3) is 11.1 Å². The summed E-state index contributed by atoms with van der Waals surface area (Å²) in [6.45, 7) is 9.00. The summed E-state index contributed by atoms with van der Waals surface area (Å²) in [4.78, 5) is 14.1. The van der Waals surface area contributed by atoms with Crippen LogP contribution in [0.2, 0.25) is 0 Å². The van der Waals surface area contributed by atoms with E-state index in [-0.39, 0.29) is 12.0 Å². The summed E-state index contributed by atoms with van der Waals surface area (Å²) >= 11 is 0. The molecule has 0 saturated heterocycles. The monoisotopic (exact) mass is 725 g/mol. The van der Waals surface area contributed by atoms with Gasteiger partial charge < -0.3 is 52.3 Å². The average molecular weight is 726 g/mol. The number of amides is 1. The maximum atomic E-state index is 12.6. The van der Waals surface area contributed by atoms with Gasteiger partial charge in [0.15, 0.2) is 0 Å². The van der Waals surface area contributed by atoms with E-state index in [1.165, 1.54) is 27.2 Å². The molecule has 0 unspecified atom stereocenters. The summed E-state index contributed by atoms with van der Waals surface area (Å²) in [5.41, 5.74) is 4.80. The van der Waals surface area contributed by atoms with Crippen LogP contribution in [0.5, 0.6) is 5.75 Å². The first-order valence-corrected chi connectivity index (χ1v) is 18.1. The van der Waals surface area contributed by atoms with Crippen LogP contribution >= 0.6 is 0 Å². The molecule has 12 heteroatoms. The number of para-hydroxylation sites is 1. The molecule has 0 bridgehead atoms. The van der Waals surface area contributed by atoms with Crippen LogP contribution in [0.3, 0.4) is 0 Å². The van der Waals surface area contributed by atoms with E-state index in [1.54, 1.807) is 7.05 Å². The van der Waals surface area contributed by atoms with E-state index >= 15 is 0 Å². The van der Waals surface area contributed by atoms with Gasteiger partial charge in [0.05, 0.1) is 106 Å². The third-order valence-electron chi connectivity index (χ3n) is 8.06. The summed E-state index contributed by atoms with van der Waals surface area (Å²) in [6, 6.07) is 26.3. The Bertz CT molecular complexity index is 1320. The van der Waals surface area contributed by atoms with Gasteiger partial charge in [-0.1, -0.05) is 66.7 Å². The molecule has 52 heavy (non-hydrogen) atoms. The number of carbonyl (C=O) groups is 1. The fraction of sp³-hybridized carbons (Fsp3) is 0.525. The minimum Gasteiger partial charge on any atom is -0.491 e. The van der Waals surface area contributed by atoms with Gasteiger partial charge in [0.1, 0.15) is 19.0 Å². The first kappa shape index (κ1) is 41.2. The molecule has 3 aromatic rings. The number of nitrogens with zero attached hydrogens (tertiary/aromatic N) is 1. The molecule has 1 aliphatic carbocycles. The molecular formula is C40H55NO11. The Hall–Kier alpha value is -3.59. The Kier molecular flexibility index (Phi) is 20.8. The van der Waals surface area contributed by atoms with E-state index in [4.69, 9.17) is 47.4 Å². The lowest BCUT2D eigenvalue weighted by Crippen LogP contribution is -2.32. The Labute approximate surface area is 308 Å². The molecule has 0 aromatic heterocycles.